The number of aromatic nitrogens is 1. The Balaban J connectivity index is 3.08. The van der Waals surface area contributed by atoms with Crippen molar-refractivity contribution in [3.05, 3.63) is 5.01 Å². The van der Waals surface area contributed by atoms with Gasteiger partial charge in [0.05, 0.1) is 0 Å². The highest BCUT2D eigenvalue weighted by Gasteiger charge is 2.23. The van der Waals surface area contributed by atoms with Gasteiger partial charge < -0.3 is 9.47 Å². The molecule has 0 amide bonds. The van der Waals surface area contributed by atoms with Crippen LogP contribution in [-0.4, -0.2) is 17.9 Å². The van der Waals surface area contributed by atoms with E-state index in [-0.39, 0.29) is 29.3 Å². The molecule has 82 valence electrons. The van der Waals surface area contributed by atoms with Crippen LogP contribution in [0.4, 0.5) is 0 Å². The largest absolute Gasteiger partial charge is 0.412 e. The Labute approximate surface area is 91.0 Å². The summed E-state index contributed by atoms with van der Waals surface area (Å²) >= 11 is 1.18. The van der Waals surface area contributed by atoms with Crippen molar-refractivity contribution in [3.63, 3.8) is 0 Å². The van der Waals surface area contributed by atoms with E-state index < -0.39 is 0 Å². The molecule has 0 fully saturated rings. The molecular formula is C9H11NO4S. The molecule has 0 spiro atoms. The number of ether oxygens (including phenoxy) is 2. The summed E-state index contributed by atoms with van der Waals surface area (Å²) in [5.41, 5.74) is -0.184. The molecule has 1 rings (SSSR count). The SMILES string of the molecule is CC(C)(C)c1nc(OC=O)c(OC=O)s1. The second-order valence-electron chi connectivity index (χ2n) is 3.79. The molecule has 0 aliphatic rings. The molecule has 0 saturated heterocycles. The molecule has 0 bridgehead atoms. The van der Waals surface area contributed by atoms with Crippen molar-refractivity contribution >= 4 is 24.3 Å². The third-order valence-electron chi connectivity index (χ3n) is 1.52. The average Bonchev–Trinajstić information content (AvgIpc) is 2.50. The molecule has 0 radical (unpaired) electrons. The molecule has 5 nitrogen and oxygen atoms in total. The van der Waals surface area contributed by atoms with E-state index in [4.69, 9.17) is 0 Å². The van der Waals surface area contributed by atoms with E-state index in [0.717, 1.165) is 5.01 Å². The zero-order valence-corrected chi connectivity index (χ0v) is 9.46. The summed E-state index contributed by atoms with van der Waals surface area (Å²) in [6.45, 7) is 6.40. The van der Waals surface area contributed by atoms with E-state index in [1.54, 1.807) is 0 Å². The van der Waals surface area contributed by atoms with E-state index in [2.05, 4.69) is 14.5 Å². The number of hydrogen-bond acceptors (Lipinski definition) is 6. The lowest BCUT2D eigenvalue weighted by Crippen LogP contribution is -2.10. The average molecular weight is 229 g/mol. The first kappa shape index (κ1) is 11.6. The predicted octanol–water partition coefficient (Wildman–Crippen LogP) is 1.51. The van der Waals surface area contributed by atoms with Crippen LogP contribution in [0.2, 0.25) is 0 Å². The molecular weight excluding hydrogens is 218 g/mol. The highest BCUT2D eigenvalue weighted by atomic mass is 32.1. The van der Waals surface area contributed by atoms with Crippen LogP contribution >= 0.6 is 11.3 Å². The summed E-state index contributed by atoms with van der Waals surface area (Å²) in [5, 5.41) is 0.929. The predicted molar refractivity (Wildman–Crippen MR) is 54.2 cm³/mol. The van der Waals surface area contributed by atoms with Crippen molar-refractivity contribution in [2.24, 2.45) is 0 Å². The number of carbonyl (C=O) groups is 2. The maximum atomic E-state index is 10.2. The van der Waals surface area contributed by atoms with Crippen LogP contribution in [0.25, 0.3) is 0 Å². The van der Waals surface area contributed by atoms with Gasteiger partial charge >= 0.3 is 0 Å². The van der Waals surface area contributed by atoms with E-state index in [1.807, 2.05) is 20.8 Å². The molecule has 0 aliphatic heterocycles. The summed E-state index contributed by atoms with van der Waals surface area (Å²) in [7, 11) is 0. The Morgan fingerprint density at radius 1 is 1.20 bits per heavy atom. The first-order chi connectivity index (χ1) is 6.99. The van der Waals surface area contributed by atoms with Crippen molar-refractivity contribution in [1.82, 2.24) is 4.98 Å². The maximum Gasteiger partial charge on any atom is 0.299 e. The number of hydrogen-bond donors (Lipinski definition) is 0. The number of nitrogens with zero attached hydrogens (tertiary/aromatic N) is 1. The molecule has 0 atom stereocenters. The Morgan fingerprint density at radius 3 is 2.27 bits per heavy atom. The number of rotatable bonds is 4. The third-order valence-corrected chi connectivity index (χ3v) is 2.88. The summed E-state index contributed by atoms with van der Waals surface area (Å²) in [5.74, 6) is 0.0343. The molecule has 1 aromatic heterocycles. The van der Waals surface area contributed by atoms with Crippen molar-refractivity contribution in [3.8, 4) is 10.9 Å². The lowest BCUT2D eigenvalue weighted by atomic mass is 9.98. The molecule has 0 saturated carbocycles. The van der Waals surface area contributed by atoms with Crippen molar-refractivity contribution in [2.75, 3.05) is 0 Å². The minimum atomic E-state index is -0.184. The summed E-state index contributed by atoms with van der Waals surface area (Å²) in [6.07, 6.45) is 0. The van der Waals surface area contributed by atoms with E-state index in [0.29, 0.717) is 0 Å². The Kier molecular flexibility index (Phi) is 3.41. The first-order valence-corrected chi connectivity index (χ1v) is 5.02. The van der Waals surface area contributed by atoms with Crippen LogP contribution in [0.1, 0.15) is 25.8 Å². The normalized spacial score (nSPS) is 10.9. The highest BCUT2D eigenvalue weighted by Crippen LogP contribution is 2.38. The minimum Gasteiger partial charge on any atom is -0.412 e. The van der Waals surface area contributed by atoms with Crippen LogP contribution < -0.4 is 9.47 Å². The van der Waals surface area contributed by atoms with Gasteiger partial charge in [-0.2, -0.15) is 0 Å². The van der Waals surface area contributed by atoms with Crippen molar-refractivity contribution in [2.45, 2.75) is 26.2 Å². The van der Waals surface area contributed by atoms with Crippen molar-refractivity contribution < 1.29 is 19.1 Å². The van der Waals surface area contributed by atoms with Crippen LogP contribution in [0.5, 0.6) is 10.9 Å². The fraction of sp³-hybridized carbons (Fsp3) is 0.444. The van der Waals surface area contributed by atoms with Crippen LogP contribution in [-0.2, 0) is 15.0 Å². The van der Waals surface area contributed by atoms with Gasteiger partial charge in [0.1, 0.15) is 5.01 Å². The Hall–Kier alpha value is -1.43. The van der Waals surface area contributed by atoms with Crippen molar-refractivity contribution in [1.29, 1.82) is 0 Å². The quantitative estimate of drug-likeness (QED) is 0.732. The molecule has 0 aromatic carbocycles. The monoisotopic (exact) mass is 229 g/mol. The fourth-order valence-electron chi connectivity index (χ4n) is 0.851. The Bertz CT molecular complexity index is 339. The zero-order valence-electron chi connectivity index (χ0n) is 8.64. The van der Waals surface area contributed by atoms with E-state index in [1.165, 1.54) is 11.3 Å². The van der Waals surface area contributed by atoms with Crippen LogP contribution in [0.3, 0.4) is 0 Å². The Morgan fingerprint density at radius 2 is 1.80 bits per heavy atom. The van der Waals surface area contributed by atoms with Gasteiger partial charge in [-0.15, -0.1) is 0 Å². The molecule has 6 heteroatoms. The van der Waals surface area contributed by atoms with Crippen LogP contribution in [0.15, 0.2) is 0 Å². The lowest BCUT2D eigenvalue weighted by molar-refractivity contribution is -0.123. The van der Waals surface area contributed by atoms with Gasteiger partial charge in [-0.05, 0) is 0 Å². The lowest BCUT2D eigenvalue weighted by Gasteiger charge is -2.12. The maximum absolute atomic E-state index is 10.2. The number of carbonyl (C=O) groups excluding carboxylic acids is 2. The molecule has 1 aromatic rings. The van der Waals surface area contributed by atoms with Crippen LogP contribution in [0, 0.1) is 0 Å². The van der Waals surface area contributed by atoms with Gasteiger partial charge in [-0.1, -0.05) is 32.1 Å². The van der Waals surface area contributed by atoms with Gasteiger partial charge in [0.15, 0.2) is 0 Å². The van der Waals surface area contributed by atoms with Gasteiger partial charge in [0, 0.05) is 5.41 Å². The second kappa shape index (κ2) is 4.39. The molecule has 15 heavy (non-hydrogen) atoms. The fourth-order valence-corrected chi connectivity index (χ4v) is 1.73. The van der Waals surface area contributed by atoms with Gasteiger partial charge in [-0.25, -0.2) is 4.98 Å². The van der Waals surface area contributed by atoms with Gasteiger partial charge in [-0.3, -0.25) is 9.59 Å². The smallest absolute Gasteiger partial charge is 0.299 e. The van der Waals surface area contributed by atoms with Gasteiger partial charge in [0.2, 0.25) is 5.06 Å². The standard InChI is InChI=1S/C9H11NO4S/c1-9(2,3)8-10-6(13-4-11)7(15-8)14-5-12/h4-5H,1-3H3. The second-order valence-corrected chi connectivity index (χ2v) is 4.75. The first-order valence-electron chi connectivity index (χ1n) is 4.21. The summed E-state index contributed by atoms with van der Waals surface area (Å²) < 4.78 is 9.26. The highest BCUT2D eigenvalue weighted by molar-refractivity contribution is 7.14. The minimum absolute atomic E-state index is 0.0343. The van der Waals surface area contributed by atoms with E-state index >= 15 is 0 Å². The summed E-state index contributed by atoms with van der Waals surface area (Å²) in [4.78, 5) is 24.5. The third kappa shape index (κ3) is 2.76. The molecule has 1 heterocycles. The molecule has 0 unspecified atom stereocenters. The summed E-state index contributed by atoms with van der Waals surface area (Å²) in [6, 6.07) is 0. The van der Waals surface area contributed by atoms with E-state index in [9.17, 15) is 9.59 Å². The number of thiazole rings is 1. The molecule has 0 N–H and O–H groups in total. The topological polar surface area (TPSA) is 65.5 Å². The molecule has 0 aliphatic carbocycles. The zero-order chi connectivity index (χ0) is 11.5. The van der Waals surface area contributed by atoms with Gasteiger partial charge in [0.25, 0.3) is 18.8 Å².